The Morgan fingerprint density at radius 1 is 1.35 bits per heavy atom. The van der Waals surface area contributed by atoms with E-state index in [0.29, 0.717) is 17.8 Å². The number of hydrogen-bond donors (Lipinski definition) is 2. The number of hydrogen-bond acceptors (Lipinski definition) is 5. The Hall–Kier alpha value is -0.250. The minimum atomic E-state index is -3.49. The average Bonchev–Trinajstić information content (AvgIpc) is 2.95. The number of aryl methyl sites for hydroxylation is 1. The summed E-state index contributed by atoms with van der Waals surface area (Å²) in [6.45, 7) is 2.03. The second-order valence-electron chi connectivity index (χ2n) is 4.18. The third-order valence-corrected chi connectivity index (χ3v) is 7.54. The molecule has 2 N–H and O–H groups in total. The zero-order chi connectivity index (χ0) is 14.8. The molecule has 2 rings (SSSR count). The lowest BCUT2D eigenvalue weighted by Gasteiger charge is -2.03. The van der Waals surface area contributed by atoms with Crippen molar-refractivity contribution in [2.75, 3.05) is 6.54 Å². The van der Waals surface area contributed by atoms with E-state index in [2.05, 4.69) is 20.7 Å². The lowest BCUT2D eigenvalue weighted by atomic mass is 10.3. The normalized spacial score (nSPS) is 11.9. The van der Waals surface area contributed by atoms with Crippen molar-refractivity contribution in [2.24, 2.45) is 0 Å². The summed E-state index contributed by atoms with van der Waals surface area (Å²) in [5.74, 6) is 0. The first kappa shape index (κ1) is 16.1. The summed E-state index contributed by atoms with van der Waals surface area (Å²) >= 11 is 6.08. The van der Waals surface area contributed by atoms with Crippen molar-refractivity contribution in [1.82, 2.24) is 4.72 Å². The molecule has 0 fully saturated rings. The molecule has 20 heavy (non-hydrogen) atoms. The highest BCUT2D eigenvalue weighted by atomic mass is 79.9. The number of sulfonamides is 1. The molecule has 0 amide bonds. The summed E-state index contributed by atoms with van der Waals surface area (Å²) in [5.41, 5.74) is 0.806. The first-order valence-electron chi connectivity index (χ1n) is 5.86. The highest BCUT2D eigenvalue weighted by Gasteiger charge is 2.18. The van der Waals surface area contributed by atoms with Gasteiger partial charge in [-0.25, -0.2) is 13.1 Å². The topological polar surface area (TPSA) is 66.4 Å². The van der Waals surface area contributed by atoms with Crippen molar-refractivity contribution in [3.05, 3.63) is 37.3 Å². The molecule has 2 aromatic rings. The van der Waals surface area contributed by atoms with E-state index in [1.165, 1.54) is 0 Å². The highest BCUT2D eigenvalue weighted by Crippen LogP contribution is 2.26. The Bertz CT molecular complexity index is 691. The quantitative estimate of drug-likeness (QED) is 0.789. The zero-order valence-corrected chi connectivity index (χ0v) is 14.8. The molecule has 0 radical (unpaired) electrons. The molecular weight excluding hydrogens is 382 g/mol. The van der Waals surface area contributed by atoms with Crippen LogP contribution in [0.5, 0.6) is 0 Å². The third-order valence-electron chi connectivity index (χ3n) is 2.70. The number of aliphatic hydroxyl groups excluding tert-OH is 1. The Balaban J connectivity index is 2.00. The van der Waals surface area contributed by atoms with Crippen LogP contribution in [0.15, 0.2) is 26.2 Å². The summed E-state index contributed by atoms with van der Waals surface area (Å²) < 4.78 is 28.1. The van der Waals surface area contributed by atoms with Crippen molar-refractivity contribution in [1.29, 1.82) is 0 Å². The second kappa shape index (κ2) is 6.67. The fourth-order valence-electron chi connectivity index (χ4n) is 1.64. The van der Waals surface area contributed by atoms with Gasteiger partial charge in [0, 0.05) is 16.3 Å². The van der Waals surface area contributed by atoms with Gasteiger partial charge in [-0.1, -0.05) is 0 Å². The van der Waals surface area contributed by atoms with E-state index in [1.54, 1.807) is 24.3 Å². The fraction of sp³-hybridized carbons (Fsp3) is 0.333. The van der Waals surface area contributed by atoms with Gasteiger partial charge in [-0.15, -0.1) is 22.7 Å². The predicted molar refractivity (Wildman–Crippen MR) is 85.9 cm³/mol. The van der Waals surface area contributed by atoms with Crippen LogP contribution in [0.3, 0.4) is 0 Å². The van der Waals surface area contributed by atoms with Crippen molar-refractivity contribution in [2.45, 2.75) is 24.2 Å². The lowest BCUT2D eigenvalue weighted by Crippen LogP contribution is -2.25. The smallest absolute Gasteiger partial charge is 0.250 e. The third kappa shape index (κ3) is 3.90. The van der Waals surface area contributed by atoms with Crippen molar-refractivity contribution < 1.29 is 13.5 Å². The van der Waals surface area contributed by atoms with E-state index in [1.807, 2.05) is 12.1 Å². The minimum absolute atomic E-state index is 0.130. The van der Waals surface area contributed by atoms with Gasteiger partial charge in [0.2, 0.25) is 10.0 Å². The molecule has 0 atom stereocenters. The molecular formula is C12H14BrNO3S3. The molecule has 8 heteroatoms. The van der Waals surface area contributed by atoms with Gasteiger partial charge in [0.1, 0.15) is 4.21 Å². The zero-order valence-electron chi connectivity index (χ0n) is 10.7. The molecule has 110 valence electrons. The van der Waals surface area contributed by atoms with Crippen molar-refractivity contribution in [3.8, 4) is 0 Å². The molecule has 0 bridgehead atoms. The molecule has 4 nitrogen and oxygen atoms in total. The van der Waals surface area contributed by atoms with E-state index in [-0.39, 0.29) is 10.8 Å². The van der Waals surface area contributed by atoms with Crippen LogP contribution in [0.2, 0.25) is 0 Å². The monoisotopic (exact) mass is 395 g/mol. The highest BCUT2D eigenvalue weighted by molar-refractivity contribution is 9.11. The van der Waals surface area contributed by atoms with Crippen LogP contribution < -0.4 is 4.72 Å². The number of thiophene rings is 2. The van der Waals surface area contributed by atoms with E-state index in [4.69, 9.17) is 5.11 Å². The van der Waals surface area contributed by atoms with Gasteiger partial charge < -0.3 is 5.11 Å². The van der Waals surface area contributed by atoms with Crippen LogP contribution in [0, 0.1) is 6.92 Å². The largest absolute Gasteiger partial charge is 0.391 e. The molecule has 0 saturated carbocycles. The number of halogens is 1. The molecule has 0 unspecified atom stereocenters. The van der Waals surface area contributed by atoms with E-state index >= 15 is 0 Å². The van der Waals surface area contributed by atoms with Gasteiger partial charge in [0.05, 0.1) is 10.4 Å². The number of rotatable bonds is 6. The first-order chi connectivity index (χ1) is 9.42. The van der Waals surface area contributed by atoms with Crippen LogP contribution in [-0.2, 0) is 23.1 Å². The van der Waals surface area contributed by atoms with Gasteiger partial charge >= 0.3 is 0 Å². The Labute approximate surface area is 134 Å². The molecule has 0 aliphatic carbocycles. The van der Waals surface area contributed by atoms with Crippen LogP contribution in [-0.4, -0.2) is 20.1 Å². The SMILES string of the molecule is Cc1cc(S(=O)(=O)NCCc2ccc(Br)s2)sc1CO. The molecule has 2 aromatic heterocycles. The average molecular weight is 396 g/mol. The van der Waals surface area contributed by atoms with Gasteiger partial charge in [0.15, 0.2) is 0 Å². The molecule has 0 aliphatic heterocycles. The molecule has 2 heterocycles. The first-order valence-corrected chi connectivity index (χ1v) is 9.77. The maximum atomic E-state index is 12.1. The van der Waals surface area contributed by atoms with Crippen molar-refractivity contribution in [3.63, 3.8) is 0 Å². The summed E-state index contributed by atoms with van der Waals surface area (Å²) in [5, 5.41) is 9.12. The van der Waals surface area contributed by atoms with E-state index in [9.17, 15) is 8.42 Å². The van der Waals surface area contributed by atoms with Crippen LogP contribution in [0.25, 0.3) is 0 Å². The van der Waals surface area contributed by atoms with Crippen LogP contribution >= 0.6 is 38.6 Å². The van der Waals surface area contributed by atoms with E-state index < -0.39 is 10.0 Å². The number of nitrogens with one attached hydrogen (secondary N) is 1. The Morgan fingerprint density at radius 2 is 2.10 bits per heavy atom. The standard InChI is InChI=1S/C12H14BrNO3S3/c1-8-6-12(19-10(8)7-15)20(16,17)14-5-4-9-2-3-11(13)18-9/h2-3,6,14-15H,4-5,7H2,1H3. The van der Waals surface area contributed by atoms with Crippen molar-refractivity contribution >= 4 is 48.6 Å². The summed E-state index contributed by atoms with van der Waals surface area (Å²) in [4.78, 5) is 1.81. The number of aliphatic hydroxyl groups is 1. The van der Waals surface area contributed by atoms with Gasteiger partial charge in [0.25, 0.3) is 0 Å². The maximum absolute atomic E-state index is 12.1. The Kier molecular flexibility index (Phi) is 5.38. The fourth-order valence-corrected chi connectivity index (χ4v) is 5.65. The van der Waals surface area contributed by atoms with E-state index in [0.717, 1.165) is 25.6 Å². The molecule has 0 aromatic carbocycles. The van der Waals surface area contributed by atoms with Crippen LogP contribution in [0.4, 0.5) is 0 Å². The van der Waals surface area contributed by atoms with Gasteiger partial charge in [-0.2, -0.15) is 0 Å². The molecule has 0 saturated heterocycles. The Morgan fingerprint density at radius 3 is 2.65 bits per heavy atom. The van der Waals surface area contributed by atoms with Crippen LogP contribution in [0.1, 0.15) is 15.3 Å². The molecule has 0 aliphatic rings. The predicted octanol–water partition coefficient (Wildman–Crippen LogP) is 2.89. The summed E-state index contributed by atoms with van der Waals surface area (Å²) in [6, 6.07) is 5.52. The second-order valence-corrected chi connectivity index (χ2v) is 9.86. The summed E-state index contributed by atoms with van der Waals surface area (Å²) in [6.07, 6.45) is 0.659. The molecule has 0 spiro atoms. The summed E-state index contributed by atoms with van der Waals surface area (Å²) in [7, 11) is -3.49. The minimum Gasteiger partial charge on any atom is -0.391 e. The van der Waals surface area contributed by atoms with Gasteiger partial charge in [-0.05, 0) is 53.0 Å². The van der Waals surface area contributed by atoms with Gasteiger partial charge in [-0.3, -0.25) is 0 Å². The lowest BCUT2D eigenvalue weighted by molar-refractivity contribution is 0.285. The maximum Gasteiger partial charge on any atom is 0.250 e.